The van der Waals surface area contributed by atoms with Crippen LogP contribution < -0.4 is 0 Å². The van der Waals surface area contributed by atoms with Gasteiger partial charge in [-0.2, -0.15) is 0 Å². The first kappa shape index (κ1) is 12.6. The maximum Gasteiger partial charge on any atom is 0.410 e. The van der Waals surface area contributed by atoms with Crippen molar-refractivity contribution in [2.24, 2.45) is 0 Å². The van der Waals surface area contributed by atoms with E-state index in [-0.39, 0.29) is 6.09 Å². The first-order valence-corrected chi connectivity index (χ1v) is 6.25. The number of nitrogens with zero attached hydrogens (tertiary/aromatic N) is 2. The Balaban J connectivity index is 1.76. The summed E-state index contributed by atoms with van der Waals surface area (Å²) in [6, 6.07) is 0.566. The van der Waals surface area contributed by atoms with Gasteiger partial charge >= 0.3 is 6.09 Å². The van der Waals surface area contributed by atoms with Crippen molar-refractivity contribution < 1.29 is 14.3 Å². The second-order valence-electron chi connectivity index (χ2n) is 5.69. The molecule has 17 heavy (non-hydrogen) atoms. The average molecular weight is 242 g/mol. The van der Waals surface area contributed by atoms with E-state index in [1.807, 2.05) is 20.8 Å². The number of ether oxygens (including phenoxy) is 2. The van der Waals surface area contributed by atoms with E-state index in [4.69, 9.17) is 9.47 Å². The number of carbonyl (C=O) groups is 1. The van der Waals surface area contributed by atoms with Gasteiger partial charge < -0.3 is 14.4 Å². The van der Waals surface area contributed by atoms with Crippen molar-refractivity contribution in [1.29, 1.82) is 0 Å². The quantitative estimate of drug-likeness (QED) is 0.686. The SMILES string of the molecule is CC(C)(C)OC(=O)N1CCN(C2COC2)CC1. The van der Waals surface area contributed by atoms with Gasteiger partial charge in [0.25, 0.3) is 0 Å². The maximum atomic E-state index is 11.8. The molecule has 0 aromatic rings. The molecule has 2 aliphatic rings. The standard InChI is InChI=1S/C12H22N2O3/c1-12(2,3)17-11(15)14-6-4-13(5-7-14)10-8-16-9-10/h10H,4-9H2,1-3H3. The summed E-state index contributed by atoms with van der Waals surface area (Å²) in [6.07, 6.45) is -0.193. The van der Waals surface area contributed by atoms with Gasteiger partial charge in [0.1, 0.15) is 5.60 Å². The Bertz CT molecular complexity index is 276. The minimum Gasteiger partial charge on any atom is -0.444 e. The van der Waals surface area contributed by atoms with Crippen molar-refractivity contribution in [3.63, 3.8) is 0 Å². The lowest BCUT2D eigenvalue weighted by Gasteiger charge is -2.42. The minimum absolute atomic E-state index is 0.193. The Morgan fingerprint density at radius 2 is 1.76 bits per heavy atom. The highest BCUT2D eigenvalue weighted by atomic mass is 16.6. The highest BCUT2D eigenvalue weighted by molar-refractivity contribution is 5.68. The van der Waals surface area contributed by atoms with Gasteiger partial charge in [-0.3, -0.25) is 4.90 Å². The Hall–Kier alpha value is -0.810. The molecule has 0 aromatic heterocycles. The van der Waals surface area contributed by atoms with Crippen LogP contribution in [0.4, 0.5) is 4.79 Å². The summed E-state index contributed by atoms with van der Waals surface area (Å²) in [5, 5.41) is 0. The molecule has 0 N–H and O–H groups in total. The number of piperazine rings is 1. The van der Waals surface area contributed by atoms with Crippen molar-refractivity contribution in [3.8, 4) is 0 Å². The highest BCUT2D eigenvalue weighted by Crippen LogP contribution is 2.15. The van der Waals surface area contributed by atoms with Crippen LogP contribution in [-0.2, 0) is 9.47 Å². The Kier molecular flexibility index (Phi) is 3.58. The fourth-order valence-electron chi connectivity index (χ4n) is 2.03. The molecule has 2 aliphatic heterocycles. The van der Waals surface area contributed by atoms with Gasteiger partial charge in [0.2, 0.25) is 0 Å². The van der Waals surface area contributed by atoms with Crippen LogP contribution in [0.1, 0.15) is 20.8 Å². The molecule has 0 atom stereocenters. The van der Waals surface area contributed by atoms with E-state index in [1.165, 1.54) is 0 Å². The number of rotatable bonds is 1. The predicted octanol–water partition coefficient (Wildman–Crippen LogP) is 0.938. The van der Waals surface area contributed by atoms with Crippen LogP contribution in [0.2, 0.25) is 0 Å². The zero-order valence-corrected chi connectivity index (χ0v) is 10.9. The van der Waals surface area contributed by atoms with E-state index >= 15 is 0 Å². The third-order valence-corrected chi connectivity index (χ3v) is 3.10. The fourth-order valence-corrected chi connectivity index (χ4v) is 2.03. The van der Waals surface area contributed by atoms with Crippen LogP contribution in [-0.4, -0.2) is 66.9 Å². The molecule has 0 unspecified atom stereocenters. The van der Waals surface area contributed by atoms with E-state index in [2.05, 4.69) is 4.90 Å². The van der Waals surface area contributed by atoms with Crippen molar-refractivity contribution in [3.05, 3.63) is 0 Å². The molecule has 1 amide bonds. The smallest absolute Gasteiger partial charge is 0.410 e. The van der Waals surface area contributed by atoms with Crippen molar-refractivity contribution in [2.45, 2.75) is 32.4 Å². The molecule has 0 bridgehead atoms. The Morgan fingerprint density at radius 3 is 2.18 bits per heavy atom. The summed E-state index contributed by atoms with van der Waals surface area (Å²) < 4.78 is 10.5. The van der Waals surface area contributed by atoms with Gasteiger partial charge in [0.05, 0.1) is 19.3 Å². The molecule has 0 radical (unpaired) electrons. The highest BCUT2D eigenvalue weighted by Gasteiger charge is 2.31. The molecule has 5 nitrogen and oxygen atoms in total. The van der Waals surface area contributed by atoms with Crippen molar-refractivity contribution in [2.75, 3.05) is 39.4 Å². The zero-order valence-electron chi connectivity index (χ0n) is 10.9. The fraction of sp³-hybridized carbons (Fsp3) is 0.917. The molecule has 0 spiro atoms. The minimum atomic E-state index is -0.407. The van der Waals surface area contributed by atoms with E-state index in [9.17, 15) is 4.79 Å². The van der Waals surface area contributed by atoms with E-state index < -0.39 is 5.60 Å². The molecule has 0 saturated carbocycles. The van der Waals surface area contributed by atoms with Crippen LogP contribution >= 0.6 is 0 Å². The second-order valence-corrected chi connectivity index (χ2v) is 5.69. The third kappa shape index (κ3) is 3.33. The largest absolute Gasteiger partial charge is 0.444 e. The van der Waals surface area contributed by atoms with Gasteiger partial charge in [-0.1, -0.05) is 0 Å². The van der Waals surface area contributed by atoms with E-state index in [0.717, 1.165) is 39.4 Å². The number of hydrogen-bond acceptors (Lipinski definition) is 4. The molecule has 0 aliphatic carbocycles. The first-order valence-electron chi connectivity index (χ1n) is 6.25. The van der Waals surface area contributed by atoms with Crippen LogP contribution in [0.15, 0.2) is 0 Å². The average Bonchev–Trinajstić information content (AvgIpc) is 2.13. The summed E-state index contributed by atoms with van der Waals surface area (Å²) in [7, 11) is 0. The lowest BCUT2D eigenvalue weighted by molar-refractivity contribution is -0.0774. The maximum absolute atomic E-state index is 11.8. The topological polar surface area (TPSA) is 42.0 Å². The molecule has 2 heterocycles. The number of carbonyl (C=O) groups excluding carboxylic acids is 1. The van der Waals surface area contributed by atoms with E-state index in [1.54, 1.807) is 4.90 Å². The first-order chi connectivity index (χ1) is 7.96. The third-order valence-electron chi connectivity index (χ3n) is 3.10. The van der Waals surface area contributed by atoms with E-state index in [0.29, 0.717) is 6.04 Å². The van der Waals surface area contributed by atoms with Crippen LogP contribution in [0.5, 0.6) is 0 Å². The summed E-state index contributed by atoms with van der Waals surface area (Å²) in [5.74, 6) is 0. The van der Waals surface area contributed by atoms with Gasteiger partial charge in [-0.25, -0.2) is 4.79 Å². The molecular formula is C12H22N2O3. The molecule has 0 aromatic carbocycles. The molecule has 2 saturated heterocycles. The van der Waals surface area contributed by atoms with Crippen LogP contribution in [0.25, 0.3) is 0 Å². The normalized spacial score (nSPS) is 23.4. The van der Waals surface area contributed by atoms with Gasteiger partial charge in [0.15, 0.2) is 0 Å². The van der Waals surface area contributed by atoms with Gasteiger partial charge in [0, 0.05) is 26.2 Å². The van der Waals surface area contributed by atoms with Gasteiger partial charge in [-0.15, -0.1) is 0 Å². The molecule has 5 heteroatoms. The molecular weight excluding hydrogens is 220 g/mol. The summed E-state index contributed by atoms with van der Waals surface area (Å²) in [5.41, 5.74) is -0.407. The predicted molar refractivity (Wildman–Crippen MR) is 64.0 cm³/mol. The number of amides is 1. The second kappa shape index (κ2) is 4.82. The number of hydrogen-bond donors (Lipinski definition) is 0. The van der Waals surface area contributed by atoms with Gasteiger partial charge in [-0.05, 0) is 20.8 Å². The zero-order chi connectivity index (χ0) is 12.5. The molecule has 2 rings (SSSR count). The monoisotopic (exact) mass is 242 g/mol. The lowest BCUT2D eigenvalue weighted by Crippen LogP contribution is -2.57. The lowest BCUT2D eigenvalue weighted by atomic mass is 10.2. The Labute approximate surface area is 103 Å². The Morgan fingerprint density at radius 1 is 1.18 bits per heavy atom. The van der Waals surface area contributed by atoms with Crippen LogP contribution in [0.3, 0.4) is 0 Å². The summed E-state index contributed by atoms with van der Waals surface area (Å²) >= 11 is 0. The summed E-state index contributed by atoms with van der Waals surface area (Å²) in [4.78, 5) is 16.0. The molecule has 98 valence electrons. The van der Waals surface area contributed by atoms with Crippen LogP contribution in [0, 0.1) is 0 Å². The van der Waals surface area contributed by atoms with Crippen molar-refractivity contribution in [1.82, 2.24) is 9.80 Å². The summed E-state index contributed by atoms with van der Waals surface area (Å²) in [6.45, 7) is 10.7. The van der Waals surface area contributed by atoms with Crippen molar-refractivity contribution >= 4 is 6.09 Å². The molecule has 2 fully saturated rings.